The second-order valence-corrected chi connectivity index (χ2v) is 4.77. The predicted molar refractivity (Wildman–Crippen MR) is 82.8 cm³/mol. The normalized spacial score (nSPS) is 19.3. The summed E-state index contributed by atoms with van der Waals surface area (Å²) in [4.78, 5) is 20.4. The SMILES string of the molecule is CC(=O)C1C(=S)N=C(/C=C/c2ccccc2)N=C1C. The summed E-state index contributed by atoms with van der Waals surface area (Å²) in [7, 11) is 0. The monoisotopic (exact) mass is 270 g/mol. The maximum Gasteiger partial charge on any atom is 0.153 e. The molecule has 1 heterocycles. The number of nitrogens with zero attached hydrogens (tertiary/aromatic N) is 2. The van der Waals surface area contributed by atoms with Crippen LogP contribution >= 0.6 is 12.2 Å². The van der Waals surface area contributed by atoms with Gasteiger partial charge in [-0.1, -0.05) is 48.6 Å². The van der Waals surface area contributed by atoms with Crippen LogP contribution < -0.4 is 0 Å². The van der Waals surface area contributed by atoms with Crippen molar-refractivity contribution in [2.45, 2.75) is 13.8 Å². The van der Waals surface area contributed by atoms with Crippen LogP contribution in [0.15, 0.2) is 46.4 Å². The fraction of sp³-hybridized carbons (Fsp3) is 0.200. The zero-order chi connectivity index (χ0) is 13.8. The molecular formula is C15H14N2OS. The molecule has 3 nitrogen and oxygen atoms in total. The molecule has 0 aromatic heterocycles. The molecule has 1 atom stereocenters. The van der Waals surface area contributed by atoms with Crippen molar-refractivity contribution in [3.8, 4) is 0 Å². The Balaban J connectivity index is 2.20. The van der Waals surface area contributed by atoms with Crippen molar-refractivity contribution in [3.05, 3.63) is 42.0 Å². The molecule has 0 bridgehead atoms. The molecule has 0 fully saturated rings. The molecule has 1 aliphatic heterocycles. The molecule has 1 aromatic rings. The number of carbonyl (C=O) groups excluding carboxylic acids is 1. The zero-order valence-corrected chi connectivity index (χ0v) is 11.6. The van der Waals surface area contributed by atoms with Crippen LogP contribution in [-0.4, -0.2) is 22.3 Å². The van der Waals surface area contributed by atoms with Crippen molar-refractivity contribution in [1.82, 2.24) is 0 Å². The lowest BCUT2D eigenvalue weighted by Crippen LogP contribution is -2.30. The molecule has 0 saturated heterocycles. The molecule has 1 unspecified atom stereocenters. The van der Waals surface area contributed by atoms with Gasteiger partial charge >= 0.3 is 0 Å². The Morgan fingerprint density at radius 3 is 2.47 bits per heavy atom. The number of Topliss-reactive ketones (excluding diaryl/α,β-unsaturated/α-hetero) is 1. The molecule has 1 aromatic carbocycles. The molecule has 0 N–H and O–H groups in total. The topological polar surface area (TPSA) is 41.8 Å². The predicted octanol–water partition coefficient (Wildman–Crippen LogP) is 3.11. The van der Waals surface area contributed by atoms with Gasteiger partial charge in [-0.2, -0.15) is 0 Å². The maximum absolute atomic E-state index is 11.5. The van der Waals surface area contributed by atoms with Crippen LogP contribution in [0.3, 0.4) is 0 Å². The second kappa shape index (κ2) is 5.80. The third kappa shape index (κ3) is 3.29. The molecule has 0 spiro atoms. The summed E-state index contributed by atoms with van der Waals surface area (Å²) >= 11 is 5.17. The van der Waals surface area contributed by atoms with Gasteiger partial charge in [0.25, 0.3) is 0 Å². The number of aliphatic imine (C=N–C) groups is 2. The van der Waals surface area contributed by atoms with Crippen molar-refractivity contribution in [2.24, 2.45) is 15.9 Å². The fourth-order valence-electron chi connectivity index (χ4n) is 1.90. The maximum atomic E-state index is 11.5. The van der Waals surface area contributed by atoms with Gasteiger partial charge in [0.05, 0.1) is 0 Å². The number of hydrogen-bond acceptors (Lipinski definition) is 3. The van der Waals surface area contributed by atoms with Crippen LogP contribution in [0.2, 0.25) is 0 Å². The Morgan fingerprint density at radius 2 is 1.89 bits per heavy atom. The highest BCUT2D eigenvalue weighted by atomic mass is 32.1. The van der Waals surface area contributed by atoms with E-state index in [4.69, 9.17) is 12.2 Å². The molecule has 0 radical (unpaired) electrons. The van der Waals surface area contributed by atoms with E-state index in [1.165, 1.54) is 6.92 Å². The first-order valence-corrected chi connectivity index (χ1v) is 6.40. The number of ketones is 1. The summed E-state index contributed by atoms with van der Waals surface area (Å²) in [6, 6.07) is 9.88. The quantitative estimate of drug-likeness (QED) is 0.792. The Bertz CT molecular complexity index is 600. The summed E-state index contributed by atoms with van der Waals surface area (Å²) in [6.07, 6.45) is 3.73. The number of amidine groups is 1. The zero-order valence-electron chi connectivity index (χ0n) is 10.8. The van der Waals surface area contributed by atoms with Gasteiger partial charge in [-0.3, -0.25) is 4.79 Å². The highest BCUT2D eigenvalue weighted by molar-refractivity contribution is 7.80. The standard InChI is InChI=1S/C15H14N2OS/c1-10-14(11(2)18)15(19)17-13(16-10)9-8-12-6-4-3-5-7-12/h3-9,14H,1-2H3/b9-8+. The average Bonchev–Trinajstić information content (AvgIpc) is 2.36. The minimum absolute atomic E-state index is 0.0129. The van der Waals surface area contributed by atoms with Crippen LogP contribution in [0.5, 0.6) is 0 Å². The fourth-order valence-corrected chi connectivity index (χ4v) is 2.33. The average molecular weight is 270 g/mol. The number of carbonyl (C=O) groups is 1. The van der Waals surface area contributed by atoms with Crippen molar-refractivity contribution >= 4 is 40.6 Å². The Kier molecular flexibility index (Phi) is 4.12. The van der Waals surface area contributed by atoms with Crippen LogP contribution in [0.1, 0.15) is 19.4 Å². The molecule has 0 saturated carbocycles. The smallest absolute Gasteiger partial charge is 0.153 e. The van der Waals surface area contributed by atoms with E-state index in [1.54, 1.807) is 0 Å². The van der Waals surface area contributed by atoms with E-state index >= 15 is 0 Å². The summed E-state index contributed by atoms with van der Waals surface area (Å²) < 4.78 is 0. The van der Waals surface area contributed by atoms with Crippen molar-refractivity contribution in [2.75, 3.05) is 0 Å². The van der Waals surface area contributed by atoms with E-state index < -0.39 is 5.92 Å². The first-order valence-electron chi connectivity index (χ1n) is 5.99. The van der Waals surface area contributed by atoms with Gasteiger partial charge in [0.15, 0.2) is 5.84 Å². The van der Waals surface area contributed by atoms with E-state index in [9.17, 15) is 4.79 Å². The Labute approximate surface area is 117 Å². The van der Waals surface area contributed by atoms with E-state index in [1.807, 2.05) is 49.4 Å². The van der Waals surface area contributed by atoms with Gasteiger partial charge in [-0.25, -0.2) is 9.98 Å². The molecule has 1 aliphatic rings. The minimum Gasteiger partial charge on any atom is -0.299 e. The number of rotatable bonds is 3. The molecule has 19 heavy (non-hydrogen) atoms. The van der Waals surface area contributed by atoms with Crippen LogP contribution in [0, 0.1) is 5.92 Å². The van der Waals surface area contributed by atoms with E-state index in [-0.39, 0.29) is 5.78 Å². The summed E-state index contributed by atoms with van der Waals surface area (Å²) in [5.41, 5.74) is 1.78. The van der Waals surface area contributed by atoms with Crippen LogP contribution in [0.4, 0.5) is 0 Å². The largest absolute Gasteiger partial charge is 0.299 e. The lowest BCUT2D eigenvalue weighted by molar-refractivity contribution is -0.117. The highest BCUT2D eigenvalue weighted by Gasteiger charge is 2.26. The lowest BCUT2D eigenvalue weighted by atomic mass is 9.99. The second-order valence-electron chi connectivity index (χ2n) is 4.35. The number of benzene rings is 1. The van der Waals surface area contributed by atoms with Gasteiger partial charge in [0.2, 0.25) is 0 Å². The van der Waals surface area contributed by atoms with E-state index in [0.29, 0.717) is 16.5 Å². The molecule has 4 heteroatoms. The van der Waals surface area contributed by atoms with Crippen molar-refractivity contribution in [1.29, 1.82) is 0 Å². The third-order valence-corrected chi connectivity index (χ3v) is 3.14. The van der Waals surface area contributed by atoms with Crippen molar-refractivity contribution in [3.63, 3.8) is 0 Å². The van der Waals surface area contributed by atoms with Gasteiger partial charge in [0, 0.05) is 5.71 Å². The van der Waals surface area contributed by atoms with Crippen molar-refractivity contribution < 1.29 is 4.79 Å². The molecular weight excluding hydrogens is 256 g/mol. The Morgan fingerprint density at radius 1 is 1.21 bits per heavy atom. The minimum atomic E-state index is -0.441. The number of thiocarbonyl (C=S) groups is 1. The molecule has 0 amide bonds. The van der Waals surface area contributed by atoms with E-state index in [0.717, 1.165) is 5.56 Å². The summed E-state index contributed by atoms with van der Waals surface area (Å²) in [5, 5.41) is 0. The first-order chi connectivity index (χ1) is 9.08. The van der Waals surface area contributed by atoms with Crippen LogP contribution in [-0.2, 0) is 4.79 Å². The molecule has 2 rings (SSSR count). The first kappa shape index (κ1) is 13.5. The van der Waals surface area contributed by atoms with E-state index in [2.05, 4.69) is 9.98 Å². The highest BCUT2D eigenvalue weighted by Crippen LogP contribution is 2.14. The molecule has 0 aliphatic carbocycles. The Hall–Kier alpha value is -1.94. The lowest BCUT2D eigenvalue weighted by Gasteiger charge is -2.16. The number of hydrogen-bond donors (Lipinski definition) is 0. The van der Waals surface area contributed by atoms with Gasteiger partial charge < -0.3 is 0 Å². The van der Waals surface area contributed by atoms with Gasteiger partial charge in [-0.05, 0) is 25.5 Å². The van der Waals surface area contributed by atoms with Gasteiger partial charge in [0.1, 0.15) is 16.7 Å². The van der Waals surface area contributed by atoms with Gasteiger partial charge in [-0.15, -0.1) is 0 Å². The third-order valence-electron chi connectivity index (χ3n) is 2.81. The molecule has 96 valence electrons. The summed E-state index contributed by atoms with van der Waals surface area (Å²) in [6.45, 7) is 3.32. The summed E-state index contributed by atoms with van der Waals surface area (Å²) in [5.74, 6) is 0.0915. The van der Waals surface area contributed by atoms with Crippen LogP contribution in [0.25, 0.3) is 6.08 Å².